The van der Waals surface area contributed by atoms with E-state index in [2.05, 4.69) is 65.3 Å². The molecule has 0 unspecified atom stereocenters. The van der Waals surface area contributed by atoms with Gasteiger partial charge in [0.2, 0.25) is 0 Å². The third-order valence-electron chi connectivity index (χ3n) is 5.34. The van der Waals surface area contributed by atoms with Crippen LogP contribution in [0.15, 0.2) is 48.5 Å². The van der Waals surface area contributed by atoms with Gasteiger partial charge in [-0.1, -0.05) is 55.0 Å². The second kappa shape index (κ2) is 6.82. The highest BCUT2D eigenvalue weighted by atomic mass is 15.1. The lowest BCUT2D eigenvalue weighted by Gasteiger charge is -2.26. The summed E-state index contributed by atoms with van der Waals surface area (Å²) in [6, 6.07) is 17.4. The molecule has 1 aliphatic heterocycles. The lowest BCUT2D eigenvalue weighted by molar-refractivity contribution is 0.232. The molecule has 0 radical (unpaired) electrons. The normalized spacial score (nSPS) is 15.9. The van der Waals surface area contributed by atoms with Crippen LogP contribution in [0, 0.1) is 6.92 Å². The number of fused-ring (bicyclic) bond motifs is 1. The molecule has 2 heterocycles. The molecule has 1 fully saturated rings. The van der Waals surface area contributed by atoms with Crippen LogP contribution in [0.3, 0.4) is 0 Å². The van der Waals surface area contributed by atoms with E-state index in [1.54, 1.807) is 0 Å². The molecule has 124 valence electrons. The molecule has 0 atom stereocenters. The van der Waals surface area contributed by atoms with Crippen molar-refractivity contribution in [3.63, 3.8) is 0 Å². The number of aromatic nitrogens is 1. The lowest BCUT2D eigenvalue weighted by Crippen LogP contribution is -2.31. The third-order valence-corrected chi connectivity index (χ3v) is 5.34. The first-order valence-corrected chi connectivity index (χ1v) is 9.21. The molecule has 1 saturated heterocycles. The Bertz CT molecular complexity index is 811. The molecule has 2 nitrogen and oxygen atoms in total. The second-order valence-corrected chi connectivity index (χ2v) is 6.99. The maximum Gasteiger partial charge on any atom is 0.0497 e. The topological polar surface area (TPSA) is 19.0 Å². The second-order valence-electron chi connectivity index (χ2n) is 6.99. The summed E-state index contributed by atoms with van der Waals surface area (Å²) in [7, 11) is 0. The average molecular weight is 318 g/mol. The quantitative estimate of drug-likeness (QED) is 0.703. The number of piperidine rings is 1. The number of rotatable bonds is 4. The van der Waals surface area contributed by atoms with Crippen molar-refractivity contribution in [3.8, 4) is 11.3 Å². The van der Waals surface area contributed by atoms with Crippen LogP contribution in [-0.4, -0.2) is 29.5 Å². The monoisotopic (exact) mass is 318 g/mol. The van der Waals surface area contributed by atoms with Crippen molar-refractivity contribution in [2.24, 2.45) is 0 Å². The Hall–Kier alpha value is -2.06. The summed E-state index contributed by atoms with van der Waals surface area (Å²) in [6.07, 6.45) is 5.24. The van der Waals surface area contributed by atoms with Crippen LogP contribution in [0.2, 0.25) is 0 Å². The number of hydrogen-bond donors (Lipinski definition) is 1. The molecule has 1 N–H and O–H groups in total. The Kier molecular flexibility index (Phi) is 4.40. The zero-order valence-electron chi connectivity index (χ0n) is 14.5. The molecule has 0 aliphatic carbocycles. The predicted octanol–water partition coefficient (Wildman–Crippen LogP) is 5.17. The third kappa shape index (κ3) is 2.99. The van der Waals surface area contributed by atoms with E-state index in [-0.39, 0.29) is 0 Å². The van der Waals surface area contributed by atoms with Crippen LogP contribution >= 0.6 is 0 Å². The molecule has 0 saturated carbocycles. The maximum absolute atomic E-state index is 3.72. The van der Waals surface area contributed by atoms with E-state index in [0.29, 0.717) is 0 Å². The molecule has 1 aromatic heterocycles. The van der Waals surface area contributed by atoms with Gasteiger partial charge in [-0.2, -0.15) is 0 Å². The largest absolute Gasteiger partial charge is 0.354 e. The standard InChI is InChI=1S/C22H26N2/c1-17-9-8-12-19-20(13-16-24-14-6-3-7-15-24)22(23-21(17)19)18-10-4-2-5-11-18/h2,4-5,8-12,23H,3,6-7,13-16H2,1H3. The van der Waals surface area contributed by atoms with Gasteiger partial charge < -0.3 is 9.88 Å². The van der Waals surface area contributed by atoms with Crippen molar-refractivity contribution in [1.29, 1.82) is 0 Å². The molecule has 0 spiro atoms. The van der Waals surface area contributed by atoms with Crippen molar-refractivity contribution in [2.45, 2.75) is 32.6 Å². The van der Waals surface area contributed by atoms with Gasteiger partial charge in [-0.15, -0.1) is 0 Å². The van der Waals surface area contributed by atoms with Crippen LogP contribution < -0.4 is 0 Å². The van der Waals surface area contributed by atoms with Gasteiger partial charge in [-0.3, -0.25) is 0 Å². The number of para-hydroxylation sites is 1. The Morgan fingerprint density at radius 3 is 2.50 bits per heavy atom. The van der Waals surface area contributed by atoms with Crippen LogP contribution in [0.25, 0.3) is 22.2 Å². The summed E-state index contributed by atoms with van der Waals surface area (Å²) in [5, 5.41) is 1.39. The van der Waals surface area contributed by atoms with E-state index in [4.69, 9.17) is 0 Å². The number of aryl methyl sites for hydroxylation is 1. The minimum Gasteiger partial charge on any atom is -0.354 e. The lowest BCUT2D eigenvalue weighted by atomic mass is 10.0. The summed E-state index contributed by atoms with van der Waals surface area (Å²) in [6.45, 7) is 5.90. The molecule has 2 aromatic carbocycles. The number of nitrogens with zero attached hydrogens (tertiary/aromatic N) is 1. The number of hydrogen-bond acceptors (Lipinski definition) is 1. The van der Waals surface area contributed by atoms with Crippen molar-refractivity contribution >= 4 is 10.9 Å². The minimum absolute atomic E-state index is 1.12. The number of benzene rings is 2. The first kappa shape index (κ1) is 15.5. The smallest absolute Gasteiger partial charge is 0.0497 e. The first-order chi connectivity index (χ1) is 11.8. The highest BCUT2D eigenvalue weighted by Crippen LogP contribution is 2.32. The maximum atomic E-state index is 3.72. The van der Waals surface area contributed by atoms with E-state index in [9.17, 15) is 0 Å². The zero-order valence-corrected chi connectivity index (χ0v) is 14.5. The summed E-state index contributed by atoms with van der Waals surface area (Å²) < 4.78 is 0. The number of nitrogens with one attached hydrogen (secondary N) is 1. The molecular weight excluding hydrogens is 292 g/mol. The fourth-order valence-corrected chi connectivity index (χ4v) is 3.98. The SMILES string of the molecule is Cc1cccc2c(CCN3CCCCC3)c(-c3ccccc3)[nH]c12. The van der Waals surface area contributed by atoms with Crippen LogP contribution in [0.4, 0.5) is 0 Å². The van der Waals surface area contributed by atoms with Crippen LogP contribution in [0.5, 0.6) is 0 Å². The van der Waals surface area contributed by atoms with Gasteiger partial charge in [0, 0.05) is 23.1 Å². The molecule has 3 aromatic rings. The van der Waals surface area contributed by atoms with E-state index in [1.807, 2.05) is 0 Å². The molecule has 0 amide bonds. The zero-order chi connectivity index (χ0) is 16.4. The van der Waals surface area contributed by atoms with Gasteiger partial charge in [-0.05, 0) is 56.0 Å². The van der Waals surface area contributed by atoms with Gasteiger partial charge in [0.15, 0.2) is 0 Å². The van der Waals surface area contributed by atoms with Gasteiger partial charge in [0.1, 0.15) is 0 Å². The van der Waals surface area contributed by atoms with Gasteiger partial charge >= 0.3 is 0 Å². The molecule has 4 rings (SSSR count). The molecule has 24 heavy (non-hydrogen) atoms. The van der Waals surface area contributed by atoms with E-state index in [0.717, 1.165) is 6.42 Å². The number of aromatic amines is 1. The Labute approximate surface area is 144 Å². The van der Waals surface area contributed by atoms with E-state index < -0.39 is 0 Å². The average Bonchev–Trinajstić information content (AvgIpc) is 3.02. The molecule has 0 bridgehead atoms. The van der Waals surface area contributed by atoms with Crippen LogP contribution in [0.1, 0.15) is 30.4 Å². The Morgan fingerprint density at radius 2 is 1.71 bits per heavy atom. The van der Waals surface area contributed by atoms with Gasteiger partial charge in [0.05, 0.1) is 0 Å². The molecule has 2 heteroatoms. The Morgan fingerprint density at radius 1 is 0.917 bits per heavy atom. The number of H-pyrrole nitrogens is 1. The van der Waals surface area contributed by atoms with E-state index >= 15 is 0 Å². The minimum atomic E-state index is 1.12. The van der Waals surface area contributed by atoms with Crippen molar-refractivity contribution in [1.82, 2.24) is 9.88 Å². The highest BCUT2D eigenvalue weighted by Gasteiger charge is 2.16. The first-order valence-electron chi connectivity index (χ1n) is 9.21. The van der Waals surface area contributed by atoms with Crippen LogP contribution in [-0.2, 0) is 6.42 Å². The van der Waals surface area contributed by atoms with Crippen molar-refractivity contribution in [3.05, 3.63) is 59.7 Å². The van der Waals surface area contributed by atoms with Gasteiger partial charge in [0.25, 0.3) is 0 Å². The summed E-state index contributed by atoms with van der Waals surface area (Å²) >= 11 is 0. The summed E-state index contributed by atoms with van der Waals surface area (Å²) in [5.41, 5.74) is 6.70. The molecule has 1 aliphatic rings. The molecular formula is C22H26N2. The fraction of sp³-hybridized carbons (Fsp3) is 0.364. The summed E-state index contributed by atoms with van der Waals surface area (Å²) in [5.74, 6) is 0. The highest BCUT2D eigenvalue weighted by molar-refractivity contribution is 5.92. The fourth-order valence-electron chi connectivity index (χ4n) is 3.98. The summed E-state index contributed by atoms with van der Waals surface area (Å²) in [4.78, 5) is 6.35. The van der Waals surface area contributed by atoms with Gasteiger partial charge in [-0.25, -0.2) is 0 Å². The van der Waals surface area contributed by atoms with Crippen molar-refractivity contribution in [2.75, 3.05) is 19.6 Å². The predicted molar refractivity (Wildman–Crippen MR) is 102 cm³/mol. The van der Waals surface area contributed by atoms with E-state index in [1.165, 1.54) is 72.2 Å². The van der Waals surface area contributed by atoms with Crippen molar-refractivity contribution < 1.29 is 0 Å². The Balaban J connectivity index is 1.72. The number of likely N-dealkylation sites (tertiary alicyclic amines) is 1.